The maximum absolute atomic E-state index is 12.8. The van der Waals surface area contributed by atoms with Crippen molar-refractivity contribution >= 4 is 16.8 Å². The van der Waals surface area contributed by atoms with Gasteiger partial charge in [0.05, 0.1) is 23.2 Å². The van der Waals surface area contributed by atoms with E-state index in [1.54, 1.807) is 6.20 Å². The molecule has 6 heteroatoms. The Hall–Kier alpha value is -2.60. The maximum atomic E-state index is 12.8. The summed E-state index contributed by atoms with van der Waals surface area (Å²) in [5, 5.41) is 18.7. The van der Waals surface area contributed by atoms with Crippen LogP contribution in [0, 0.1) is 19.8 Å². The van der Waals surface area contributed by atoms with Crippen LogP contribution in [0.15, 0.2) is 36.7 Å². The molecule has 1 amide bonds. The van der Waals surface area contributed by atoms with Crippen LogP contribution in [0.5, 0.6) is 0 Å². The third-order valence-electron chi connectivity index (χ3n) is 5.54. The second-order valence-corrected chi connectivity index (χ2v) is 7.32. The van der Waals surface area contributed by atoms with E-state index in [0.29, 0.717) is 17.9 Å². The number of nitrogens with zero attached hydrogens (tertiary/aromatic N) is 2. The lowest BCUT2D eigenvalue weighted by molar-refractivity contribution is 0.0874. The molecule has 1 aliphatic carbocycles. The van der Waals surface area contributed by atoms with E-state index >= 15 is 0 Å². The van der Waals surface area contributed by atoms with Crippen molar-refractivity contribution in [3.05, 3.63) is 53.5 Å². The first-order valence-electron chi connectivity index (χ1n) is 9.07. The van der Waals surface area contributed by atoms with Crippen LogP contribution in [-0.2, 0) is 6.54 Å². The number of carbonyl (C=O) groups excluding carboxylic acids is 1. The molecule has 1 fully saturated rings. The first kappa shape index (κ1) is 16.8. The fourth-order valence-electron chi connectivity index (χ4n) is 4.01. The van der Waals surface area contributed by atoms with Crippen LogP contribution in [0.1, 0.15) is 34.5 Å². The third-order valence-corrected chi connectivity index (χ3v) is 5.54. The fraction of sp³-hybridized carbons (Fsp3) is 0.400. The molecule has 0 radical (unpaired) electrons. The minimum absolute atomic E-state index is 0.138. The number of aromatic nitrogens is 3. The number of hydrogen-bond acceptors (Lipinski definition) is 3. The molecule has 26 heavy (non-hydrogen) atoms. The number of fused-ring (bicyclic) bond motifs is 1. The Morgan fingerprint density at radius 2 is 2.19 bits per heavy atom. The normalized spacial score (nSPS) is 22.8. The standard InChI is InChI=1S/C20H24N4O2/c1-12-13(2)22-19-15(12)5-3-6-16(19)20(26)23-17-9-14(10-18(17)25)11-24-8-4-7-21-24/h3-8,14,17-18,22,25H,9-11H2,1-2H3,(H,23,26)/t14?,17-,18-/m1/s1. The van der Waals surface area contributed by atoms with Gasteiger partial charge in [0.2, 0.25) is 0 Å². The van der Waals surface area contributed by atoms with Crippen molar-refractivity contribution in [3.8, 4) is 0 Å². The van der Waals surface area contributed by atoms with Crippen molar-refractivity contribution in [1.82, 2.24) is 20.1 Å². The van der Waals surface area contributed by atoms with E-state index in [1.807, 2.05) is 42.1 Å². The number of hydrogen-bond donors (Lipinski definition) is 3. The van der Waals surface area contributed by atoms with E-state index in [2.05, 4.69) is 22.3 Å². The number of aliphatic hydroxyl groups is 1. The Bertz CT molecular complexity index is 929. The highest BCUT2D eigenvalue weighted by Crippen LogP contribution is 2.29. The van der Waals surface area contributed by atoms with Gasteiger partial charge in [-0.25, -0.2) is 0 Å². The SMILES string of the molecule is Cc1[nH]c2c(C(=O)N[C@@H]3CC(Cn4cccn4)C[C@H]3O)cccc2c1C. The van der Waals surface area contributed by atoms with Crippen LogP contribution in [0.2, 0.25) is 0 Å². The van der Waals surface area contributed by atoms with Crippen LogP contribution in [0.3, 0.4) is 0 Å². The Labute approximate surface area is 152 Å². The summed E-state index contributed by atoms with van der Waals surface area (Å²) in [4.78, 5) is 16.2. The summed E-state index contributed by atoms with van der Waals surface area (Å²) in [6, 6.07) is 7.43. The molecule has 3 aromatic rings. The van der Waals surface area contributed by atoms with E-state index < -0.39 is 6.10 Å². The van der Waals surface area contributed by atoms with E-state index in [4.69, 9.17) is 0 Å². The Morgan fingerprint density at radius 3 is 2.96 bits per heavy atom. The number of aryl methyl sites for hydroxylation is 2. The van der Waals surface area contributed by atoms with Gasteiger partial charge in [-0.15, -0.1) is 0 Å². The second kappa shape index (κ2) is 6.61. The van der Waals surface area contributed by atoms with Crippen molar-refractivity contribution in [2.75, 3.05) is 0 Å². The molecule has 4 rings (SSSR count). The number of aliphatic hydroxyl groups excluding tert-OH is 1. The van der Waals surface area contributed by atoms with Crippen LogP contribution >= 0.6 is 0 Å². The lowest BCUT2D eigenvalue weighted by Gasteiger charge is -2.17. The van der Waals surface area contributed by atoms with Gasteiger partial charge in [0.25, 0.3) is 5.91 Å². The highest BCUT2D eigenvalue weighted by molar-refractivity contribution is 6.06. The van der Waals surface area contributed by atoms with Gasteiger partial charge in [-0.2, -0.15) is 5.10 Å². The van der Waals surface area contributed by atoms with E-state index in [9.17, 15) is 9.90 Å². The predicted octanol–water partition coefficient (Wildman–Crippen LogP) is 2.55. The number of para-hydroxylation sites is 1. The molecule has 1 aliphatic rings. The molecular formula is C20H24N4O2. The molecule has 1 saturated carbocycles. The summed E-state index contributed by atoms with van der Waals surface area (Å²) in [5.41, 5.74) is 3.72. The molecule has 6 nitrogen and oxygen atoms in total. The summed E-state index contributed by atoms with van der Waals surface area (Å²) >= 11 is 0. The molecule has 3 atom stereocenters. The van der Waals surface area contributed by atoms with Crippen molar-refractivity contribution in [1.29, 1.82) is 0 Å². The molecular weight excluding hydrogens is 328 g/mol. The average molecular weight is 352 g/mol. The molecule has 1 aromatic carbocycles. The largest absolute Gasteiger partial charge is 0.391 e. The molecule has 3 N–H and O–H groups in total. The number of benzene rings is 1. The second-order valence-electron chi connectivity index (χ2n) is 7.32. The van der Waals surface area contributed by atoms with Crippen molar-refractivity contribution in [2.24, 2.45) is 5.92 Å². The maximum Gasteiger partial charge on any atom is 0.253 e. The van der Waals surface area contributed by atoms with Crippen LogP contribution in [0.25, 0.3) is 10.9 Å². The molecule has 1 unspecified atom stereocenters. The molecule has 2 aromatic heterocycles. The highest BCUT2D eigenvalue weighted by atomic mass is 16.3. The molecule has 0 saturated heterocycles. The topological polar surface area (TPSA) is 82.9 Å². The summed E-state index contributed by atoms with van der Waals surface area (Å²) in [7, 11) is 0. The number of rotatable bonds is 4. The number of amides is 1. The van der Waals surface area contributed by atoms with Crippen molar-refractivity contribution in [3.63, 3.8) is 0 Å². The van der Waals surface area contributed by atoms with E-state index in [1.165, 1.54) is 0 Å². The number of carbonyl (C=O) groups is 1. The summed E-state index contributed by atoms with van der Waals surface area (Å²) in [6.45, 7) is 4.83. The zero-order valence-electron chi connectivity index (χ0n) is 15.1. The fourth-order valence-corrected chi connectivity index (χ4v) is 4.01. The van der Waals surface area contributed by atoms with Gasteiger partial charge in [0.15, 0.2) is 0 Å². The van der Waals surface area contributed by atoms with Gasteiger partial charge in [0.1, 0.15) is 0 Å². The molecule has 0 aliphatic heterocycles. The minimum atomic E-state index is -0.522. The van der Waals surface area contributed by atoms with Crippen LogP contribution in [0.4, 0.5) is 0 Å². The van der Waals surface area contributed by atoms with Gasteiger partial charge < -0.3 is 15.4 Å². The average Bonchev–Trinajstić information content (AvgIpc) is 3.31. The summed E-state index contributed by atoms with van der Waals surface area (Å²) in [5.74, 6) is 0.168. The highest BCUT2D eigenvalue weighted by Gasteiger charge is 2.34. The zero-order valence-corrected chi connectivity index (χ0v) is 15.1. The Kier molecular flexibility index (Phi) is 4.28. The van der Waals surface area contributed by atoms with Crippen LogP contribution < -0.4 is 5.32 Å². The van der Waals surface area contributed by atoms with Gasteiger partial charge in [-0.1, -0.05) is 12.1 Å². The first-order valence-corrected chi connectivity index (χ1v) is 9.07. The molecule has 0 spiro atoms. The number of aromatic amines is 1. The first-order chi connectivity index (χ1) is 12.5. The molecule has 136 valence electrons. The van der Waals surface area contributed by atoms with Crippen molar-refractivity contribution < 1.29 is 9.90 Å². The number of H-pyrrole nitrogens is 1. The monoisotopic (exact) mass is 352 g/mol. The quantitative estimate of drug-likeness (QED) is 0.675. The van der Waals surface area contributed by atoms with E-state index in [-0.39, 0.29) is 11.9 Å². The smallest absolute Gasteiger partial charge is 0.253 e. The van der Waals surface area contributed by atoms with Gasteiger partial charge in [-0.3, -0.25) is 9.48 Å². The third kappa shape index (κ3) is 3.01. The van der Waals surface area contributed by atoms with Gasteiger partial charge in [0, 0.05) is 30.0 Å². The lowest BCUT2D eigenvalue weighted by atomic mass is 10.1. The van der Waals surface area contributed by atoms with Gasteiger partial charge in [-0.05, 0) is 50.3 Å². The van der Waals surface area contributed by atoms with Crippen molar-refractivity contribution in [2.45, 2.75) is 45.4 Å². The van der Waals surface area contributed by atoms with E-state index in [0.717, 1.165) is 35.1 Å². The molecule has 0 bridgehead atoms. The Balaban J connectivity index is 1.49. The summed E-state index contributed by atoms with van der Waals surface area (Å²) in [6.07, 6.45) is 4.59. The molecule has 2 heterocycles. The van der Waals surface area contributed by atoms with Crippen LogP contribution in [-0.4, -0.2) is 37.9 Å². The number of nitrogens with one attached hydrogen (secondary N) is 2. The lowest BCUT2D eigenvalue weighted by Crippen LogP contribution is -2.40. The summed E-state index contributed by atoms with van der Waals surface area (Å²) < 4.78 is 1.88. The predicted molar refractivity (Wildman–Crippen MR) is 100.0 cm³/mol. The Morgan fingerprint density at radius 1 is 1.35 bits per heavy atom. The zero-order chi connectivity index (χ0) is 18.3. The van der Waals surface area contributed by atoms with Gasteiger partial charge >= 0.3 is 0 Å². The minimum Gasteiger partial charge on any atom is -0.391 e.